The number of sulfonamides is 1. The number of rotatable bonds is 7. The fraction of sp³-hybridized carbons (Fsp3) is 0.316. The van der Waals surface area contributed by atoms with E-state index < -0.39 is 10.0 Å². The Morgan fingerprint density at radius 2 is 1.93 bits per heavy atom. The molecule has 7 nitrogen and oxygen atoms in total. The van der Waals surface area contributed by atoms with Gasteiger partial charge in [0.05, 0.1) is 10.8 Å². The van der Waals surface area contributed by atoms with Crippen LogP contribution in [0.1, 0.15) is 30.1 Å². The van der Waals surface area contributed by atoms with E-state index in [2.05, 4.69) is 10.3 Å². The van der Waals surface area contributed by atoms with Crippen LogP contribution in [0.25, 0.3) is 0 Å². The number of hydrogen-bond donors (Lipinski definition) is 1. The summed E-state index contributed by atoms with van der Waals surface area (Å²) in [7, 11) is -3.48. The number of Topliss-reactive ketones (excluding diaryl/α,β-unsaturated/α-hetero) is 1. The summed E-state index contributed by atoms with van der Waals surface area (Å²) < 4.78 is 26.4. The molecule has 0 atom stereocenters. The molecule has 1 N–H and O–H groups in total. The number of thioether (sulfide) groups is 1. The van der Waals surface area contributed by atoms with Crippen molar-refractivity contribution in [3.63, 3.8) is 0 Å². The molecule has 0 radical (unpaired) electrons. The number of pyridine rings is 1. The van der Waals surface area contributed by atoms with Crippen molar-refractivity contribution in [2.45, 2.75) is 29.7 Å². The molecule has 28 heavy (non-hydrogen) atoms. The van der Waals surface area contributed by atoms with E-state index in [1.165, 1.54) is 35.3 Å². The maximum absolute atomic E-state index is 12.5. The molecule has 1 aliphatic heterocycles. The molecule has 1 aromatic carbocycles. The van der Waals surface area contributed by atoms with Crippen molar-refractivity contribution in [1.82, 2.24) is 9.29 Å². The van der Waals surface area contributed by atoms with Gasteiger partial charge in [-0.3, -0.25) is 9.59 Å². The lowest BCUT2D eigenvalue weighted by atomic mass is 10.1. The average Bonchev–Trinajstić information content (AvgIpc) is 3.22. The summed E-state index contributed by atoms with van der Waals surface area (Å²) in [5.74, 6) is -0.185. The van der Waals surface area contributed by atoms with Gasteiger partial charge in [0.15, 0.2) is 5.78 Å². The Morgan fingerprint density at radius 1 is 1.18 bits per heavy atom. The smallest absolute Gasteiger partial charge is 0.244 e. The fourth-order valence-electron chi connectivity index (χ4n) is 2.83. The molecule has 0 saturated carbocycles. The minimum Gasteiger partial charge on any atom is -0.325 e. The number of hydrogen-bond acceptors (Lipinski definition) is 6. The SMILES string of the molecule is CC(=O)c1cccc(NC(=O)CSc2ccc(S(=O)(=O)N3CCCC3)cn2)c1. The Morgan fingerprint density at radius 3 is 2.57 bits per heavy atom. The molecule has 2 aromatic rings. The molecule has 2 heterocycles. The van der Waals surface area contributed by atoms with E-state index in [0.29, 0.717) is 29.4 Å². The summed E-state index contributed by atoms with van der Waals surface area (Å²) in [6.07, 6.45) is 3.10. The molecule has 0 aliphatic carbocycles. The first kappa shape index (κ1) is 20.5. The molecule has 1 amide bonds. The monoisotopic (exact) mass is 419 g/mol. The number of ketones is 1. The van der Waals surface area contributed by atoms with Gasteiger partial charge in [-0.2, -0.15) is 4.31 Å². The lowest BCUT2D eigenvalue weighted by Crippen LogP contribution is -2.27. The summed E-state index contributed by atoms with van der Waals surface area (Å²) in [5.41, 5.74) is 1.08. The fourth-order valence-corrected chi connectivity index (χ4v) is 4.94. The number of benzene rings is 1. The van der Waals surface area contributed by atoms with E-state index in [1.54, 1.807) is 30.3 Å². The van der Waals surface area contributed by atoms with Gasteiger partial charge in [-0.25, -0.2) is 13.4 Å². The Labute approximate surface area is 168 Å². The molecule has 0 bridgehead atoms. The second-order valence-corrected chi connectivity index (χ2v) is 9.35. The largest absolute Gasteiger partial charge is 0.325 e. The molecule has 148 valence electrons. The van der Waals surface area contributed by atoms with Gasteiger partial charge < -0.3 is 5.32 Å². The van der Waals surface area contributed by atoms with Crippen LogP contribution in [0, 0.1) is 0 Å². The van der Waals surface area contributed by atoms with Gasteiger partial charge in [-0.15, -0.1) is 0 Å². The highest BCUT2D eigenvalue weighted by Crippen LogP contribution is 2.22. The minimum atomic E-state index is -3.48. The Bertz CT molecular complexity index is 969. The summed E-state index contributed by atoms with van der Waals surface area (Å²) in [4.78, 5) is 27.9. The predicted molar refractivity (Wildman–Crippen MR) is 108 cm³/mol. The lowest BCUT2D eigenvalue weighted by Gasteiger charge is -2.15. The van der Waals surface area contributed by atoms with E-state index in [0.717, 1.165) is 12.8 Å². The van der Waals surface area contributed by atoms with Crippen molar-refractivity contribution in [2.24, 2.45) is 0 Å². The zero-order valence-electron chi connectivity index (χ0n) is 15.4. The van der Waals surface area contributed by atoms with E-state index >= 15 is 0 Å². The normalized spacial score (nSPS) is 14.8. The number of nitrogens with one attached hydrogen (secondary N) is 1. The number of carbonyl (C=O) groups is 2. The van der Waals surface area contributed by atoms with Crippen LogP contribution in [0.3, 0.4) is 0 Å². The number of anilines is 1. The summed E-state index contributed by atoms with van der Waals surface area (Å²) in [6.45, 7) is 2.56. The van der Waals surface area contributed by atoms with Crippen LogP contribution in [0.5, 0.6) is 0 Å². The molecule has 3 rings (SSSR count). The van der Waals surface area contributed by atoms with E-state index in [1.807, 2.05) is 0 Å². The predicted octanol–water partition coefficient (Wildman–Crippen LogP) is 2.80. The van der Waals surface area contributed by atoms with Gasteiger partial charge in [-0.05, 0) is 44.0 Å². The van der Waals surface area contributed by atoms with Crippen molar-refractivity contribution in [2.75, 3.05) is 24.2 Å². The van der Waals surface area contributed by atoms with Crippen LogP contribution in [0.4, 0.5) is 5.69 Å². The van der Waals surface area contributed by atoms with Gasteiger partial charge in [-0.1, -0.05) is 23.9 Å². The molecule has 1 aliphatic rings. The standard InChI is InChI=1S/C19H21N3O4S2/c1-14(23)15-5-4-6-16(11-15)21-18(24)13-27-19-8-7-17(12-20-19)28(25,26)22-9-2-3-10-22/h4-8,11-12H,2-3,9-10,13H2,1H3,(H,21,24). The zero-order valence-corrected chi connectivity index (χ0v) is 17.1. The van der Waals surface area contributed by atoms with Gasteiger partial charge in [0, 0.05) is 30.5 Å². The molecule has 1 fully saturated rings. The van der Waals surface area contributed by atoms with E-state index in [-0.39, 0.29) is 22.3 Å². The third-order valence-electron chi connectivity index (χ3n) is 4.32. The third-order valence-corrected chi connectivity index (χ3v) is 7.14. The second kappa shape index (κ2) is 8.85. The van der Waals surface area contributed by atoms with Crippen LogP contribution in [0.15, 0.2) is 52.5 Å². The highest BCUT2D eigenvalue weighted by molar-refractivity contribution is 7.99. The van der Waals surface area contributed by atoms with Gasteiger partial charge in [0.25, 0.3) is 0 Å². The van der Waals surface area contributed by atoms with Crippen molar-refractivity contribution in [3.05, 3.63) is 48.2 Å². The van der Waals surface area contributed by atoms with Crippen LogP contribution >= 0.6 is 11.8 Å². The second-order valence-electron chi connectivity index (χ2n) is 6.42. The zero-order chi connectivity index (χ0) is 20.1. The first-order valence-corrected chi connectivity index (χ1v) is 11.3. The van der Waals surface area contributed by atoms with Gasteiger partial charge >= 0.3 is 0 Å². The van der Waals surface area contributed by atoms with E-state index in [4.69, 9.17) is 0 Å². The number of nitrogens with zero attached hydrogens (tertiary/aromatic N) is 2. The summed E-state index contributed by atoms with van der Waals surface area (Å²) >= 11 is 1.21. The van der Waals surface area contributed by atoms with Crippen molar-refractivity contribution in [1.29, 1.82) is 0 Å². The van der Waals surface area contributed by atoms with Crippen LogP contribution < -0.4 is 5.32 Å². The van der Waals surface area contributed by atoms with Crippen molar-refractivity contribution < 1.29 is 18.0 Å². The maximum Gasteiger partial charge on any atom is 0.244 e. The van der Waals surface area contributed by atoms with E-state index in [9.17, 15) is 18.0 Å². The number of amides is 1. The van der Waals surface area contributed by atoms with Gasteiger partial charge in [0.1, 0.15) is 4.90 Å². The third kappa shape index (κ3) is 4.98. The first-order chi connectivity index (χ1) is 13.4. The Hall–Kier alpha value is -2.23. The van der Waals surface area contributed by atoms with Crippen LogP contribution in [-0.2, 0) is 14.8 Å². The number of aromatic nitrogens is 1. The molecular weight excluding hydrogens is 398 g/mol. The molecule has 1 aromatic heterocycles. The Balaban J connectivity index is 1.57. The highest BCUT2D eigenvalue weighted by atomic mass is 32.2. The van der Waals surface area contributed by atoms with Crippen LogP contribution in [-0.4, -0.2) is 48.2 Å². The quantitative estimate of drug-likeness (QED) is 0.548. The van der Waals surface area contributed by atoms with Crippen molar-refractivity contribution >= 4 is 39.2 Å². The lowest BCUT2D eigenvalue weighted by molar-refractivity contribution is -0.113. The summed E-state index contributed by atoms with van der Waals surface area (Å²) in [6, 6.07) is 9.87. The maximum atomic E-state index is 12.5. The average molecular weight is 420 g/mol. The minimum absolute atomic E-state index is 0.0707. The Kier molecular flexibility index (Phi) is 6.48. The first-order valence-electron chi connectivity index (χ1n) is 8.86. The van der Waals surface area contributed by atoms with Crippen molar-refractivity contribution in [3.8, 4) is 0 Å². The number of carbonyl (C=O) groups excluding carboxylic acids is 2. The highest BCUT2D eigenvalue weighted by Gasteiger charge is 2.27. The van der Waals surface area contributed by atoms with Gasteiger partial charge in [0.2, 0.25) is 15.9 Å². The molecule has 1 saturated heterocycles. The molecular formula is C19H21N3O4S2. The molecule has 0 unspecified atom stereocenters. The molecule has 9 heteroatoms. The molecule has 0 spiro atoms. The summed E-state index contributed by atoms with van der Waals surface area (Å²) in [5, 5.41) is 3.30. The van der Waals surface area contributed by atoms with Crippen LogP contribution in [0.2, 0.25) is 0 Å². The topological polar surface area (TPSA) is 96.4 Å².